The average Bonchev–Trinajstić information content (AvgIpc) is 2.40. The molecule has 8 heteroatoms. The summed E-state index contributed by atoms with van der Waals surface area (Å²) < 4.78 is 34.3. The Hall–Kier alpha value is -1.93. The lowest BCUT2D eigenvalue weighted by Gasteiger charge is -2.02. The predicted molar refractivity (Wildman–Crippen MR) is 53.4 cm³/mol. The van der Waals surface area contributed by atoms with Crippen LogP contribution in [0.3, 0.4) is 0 Å². The maximum Gasteiger partial charge on any atom is 0.465 e. The molecule has 16 heavy (non-hydrogen) atoms. The smallest absolute Gasteiger partial charge is 0.465 e. The molecular formula is C8H7NO6S. The molecule has 0 aliphatic carbocycles. The molecule has 2 aromatic rings. The van der Waals surface area contributed by atoms with E-state index < -0.39 is 10.4 Å². The number of nitrogens with zero attached hydrogens (tertiary/aromatic N) is 1. The molecule has 0 bridgehead atoms. The van der Waals surface area contributed by atoms with Gasteiger partial charge in [0.25, 0.3) is 0 Å². The summed E-state index contributed by atoms with van der Waals surface area (Å²) in [5.41, 5.74) is 0.107. The molecule has 1 aromatic heterocycles. The molecule has 0 aliphatic heterocycles. The highest BCUT2D eigenvalue weighted by Gasteiger charge is 2.13. The maximum absolute atomic E-state index is 10.5. The van der Waals surface area contributed by atoms with Crippen molar-refractivity contribution in [2.75, 3.05) is 0 Å². The van der Waals surface area contributed by atoms with Crippen LogP contribution >= 0.6 is 0 Å². The summed E-state index contributed by atoms with van der Waals surface area (Å²) in [7, 11) is -4.70. The number of hydrogen-bond acceptors (Lipinski definition) is 5. The minimum absolute atomic E-state index is 0.107. The van der Waals surface area contributed by atoms with E-state index in [4.69, 9.17) is 4.55 Å². The Balaban J connectivity index is 2.66. The standard InChI is InChI=1S/C8H7NO6S/c10-5-1-2-6-7(3-5)9(4-8(6)11)15-16(12,13)14/h1-4,10-11H,(H,12,13,14). The number of phenolic OH excluding ortho intramolecular Hbond substituents is 1. The first-order chi connectivity index (χ1) is 7.37. The van der Waals surface area contributed by atoms with Crippen molar-refractivity contribution in [2.24, 2.45) is 0 Å². The molecule has 0 saturated carbocycles. The quantitative estimate of drug-likeness (QED) is 0.656. The van der Waals surface area contributed by atoms with Gasteiger partial charge in [-0.25, -0.2) is 0 Å². The third-order valence-electron chi connectivity index (χ3n) is 1.91. The monoisotopic (exact) mass is 245 g/mol. The molecule has 0 atom stereocenters. The van der Waals surface area contributed by atoms with Crippen molar-refractivity contribution in [3.05, 3.63) is 24.4 Å². The number of aromatic hydroxyl groups is 2. The third-order valence-corrected chi connectivity index (χ3v) is 2.26. The Bertz CT molecular complexity index is 644. The summed E-state index contributed by atoms with van der Waals surface area (Å²) in [6.07, 6.45) is 0.956. The van der Waals surface area contributed by atoms with Crippen LogP contribution in [0.15, 0.2) is 24.4 Å². The van der Waals surface area contributed by atoms with Gasteiger partial charge in [0.05, 0.1) is 11.7 Å². The van der Waals surface area contributed by atoms with Crippen LogP contribution in [0.4, 0.5) is 0 Å². The lowest BCUT2D eigenvalue weighted by molar-refractivity contribution is 0.248. The topological polar surface area (TPSA) is 109 Å². The zero-order valence-electron chi connectivity index (χ0n) is 7.73. The molecule has 1 heterocycles. The summed E-state index contributed by atoms with van der Waals surface area (Å²) in [5.74, 6) is -0.371. The largest absolute Gasteiger partial charge is 0.508 e. The fourth-order valence-corrected chi connectivity index (χ4v) is 1.66. The zero-order valence-corrected chi connectivity index (χ0v) is 8.55. The summed E-state index contributed by atoms with van der Waals surface area (Å²) >= 11 is 0. The highest BCUT2D eigenvalue weighted by atomic mass is 32.3. The second-order valence-electron chi connectivity index (χ2n) is 3.04. The number of aromatic nitrogens is 1. The fraction of sp³-hybridized carbons (Fsp3) is 0. The summed E-state index contributed by atoms with van der Waals surface area (Å²) in [4.78, 5) is 0. The van der Waals surface area contributed by atoms with E-state index in [2.05, 4.69) is 4.28 Å². The molecule has 0 unspecified atom stereocenters. The summed E-state index contributed by atoms with van der Waals surface area (Å²) in [6.45, 7) is 0. The van der Waals surface area contributed by atoms with Gasteiger partial charge in [0, 0.05) is 11.5 Å². The molecule has 0 spiro atoms. The number of fused-ring (bicyclic) bond motifs is 1. The van der Waals surface area contributed by atoms with Crippen molar-refractivity contribution >= 4 is 21.3 Å². The highest BCUT2D eigenvalue weighted by molar-refractivity contribution is 7.81. The van der Waals surface area contributed by atoms with Gasteiger partial charge in [-0.3, -0.25) is 8.84 Å². The summed E-state index contributed by atoms with van der Waals surface area (Å²) in [6, 6.07) is 3.88. The minimum atomic E-state index is -4.70. The van der Waals surface area contributed by atoms with Crippen LogP contribution in [-0.2, 0) is 10.4 Å². The molecule has 2 rings (SSSR count). The van der Waals surface area contributed by atoms with E-state index in [1.807, 2.05) is 0 Å². The van der Waals surface area contributed by atoms with Gasteiger partial charge in [0.15, 0.2) is 0 Å². The molecular weight excluding hydrogens is 238 g/mol. The van der Waals surface area contributed by atoms with E-state index >= 15 is 0 Å². The first kappa shape index (κ1) is 10.6. The van der Waals surface area contributed by atoms with Crippen LogP contribution < -0.4 is 4.28 Å². The third kappa shape index (κ3) is 1.88. The van der Waals surface area contributed by atoms with Crippen molar-refractivity contribution in [3.63, 3.8) is 0 Å². The van der Waals surface area contributed by atoms with Gasteiger partial charge in [-0.2, -0.15) is 13.1 Å². The molecule has 0 radical (unpaired) electrons. The molecule has 3 N–H and O–H groups in total. The van der Waals surface area contributed by atoms with E-state index in [0.717, 1.165) is 6.20 Å². The molecule has 0 amide bonds. The Labute approximate surface area is 90.0 Å². The second-order valence-corrected chi connectivity index (χ2v) is 4.05. The van der Waals surface area contributed by atoms with Gasteiger partial charge in [-0.1, -0.05) is 0 Å². The van der Waals surface area contributed by atoms with E-state index in [1.165, 1.54) is 18.2 Å². The van der Waals surface area contributed by atoms with Gasteiger partial charge in [0.2, 0.25) is 0 Å². The molecule has 7 nitrogen and oxygen atoms in total. The molecule has 0 fully saturated rings. The van der Waals surface area contributed by atoms with Crippen LogP contribution in [-0.4, -0.2) is 27.9 Å². The van der Waals surface area contributed by atoms with Crippen molar-refractivity contribution in [1.82, 2.24) is 4.73 Å². The van der Waals surface area contributed by atoms with E-state index in [1.54, 1.807) is 0 Å². The minimum Gasteiger partial charge on any atom is -0.508 e. The van der Waals surface area contributed by atoms with Crippen molar-refractivity contribution in [2.45, 2.75) is 0 Å². The van der Waals surface area contributed by atoms with Crippen LogP contribution in [0, 0.1) is 0 Å². The van der Waals surface area contributed by atoms with Crippen LogP contribution in [0.1, 0.15) is 0 Å². The van der Waals surface area contributed by atoms with Gasteiger partial charge >= 0.3 is 10.4 Å². The molecule has 1 aromatic carbocycles. The maximum atomic E-state index is 10.5. The Morgan fingerprint density at radius 2 is 1.94 bits per heavy atom. The van der Waals surface area contributed by atoms with Crippen LogP contribution in [0.5, 0.6) is 11.5 Å². The van der Waals surface area contributed by atoms with E-state index in [0.29, 0.717) is 4.73 Å². The van der Waals surface area contributed by atoms with Crippen molar-refractivity contribution in [1.29, 1.82) is 0 Å². The number of rotatable bonds is 2. The normalized spacial score (nSPS) is 11.8. The fourth-order valence-electron chi connectivity index (χ4n) is 1.33. The predicted octanol–water partition coefficient (Wildman–Crippen LogP) is 0.284. The first-order valence-corrected chi connectivity index (χ1v) is 5.44. The Morgan fingerprint density at radius 1 is 1.25 bits per heavy atom. The molecule has 86 valence electrons. The lowest BCUT2D eigenvalue weighted by atomic mass is 10.2. The second kappa shape index (κ2) is 3.29. The number of phenols is 1. The van der Waals surface area contributed by atoms with Gasteiger partial charge in [0.1, 0.15) is 11.5 Å². The average molecular weight is 245 g/mol. The van der Waals surface area contributed by atoms with Gasteiger partial charge in [-0.15, -0.1) is 0 Å². The van der Waals surface area contributed by atoms with Crippen molar-refractivity contribution in [3.8, 4) is 11.5 Å². The Morgan fingerprint density at radius 3 is 2.56 bits per heavy atom. The first-order valence-electron chi connectivity index (χ1n) is 4.07. The van der Waals surface area contributed by atoms with Gasteiger partial charge < -0.3 is 10.2 Å². The van der Waals surface area contributed by atoms with E-state index in [-0.39, 0.29) is 22.4 Å². The molecule has 0 saturated heterocycles. The Kier molecular flexibility index (Phi) is 2.17. The SMILES string of the molecule is O=S(=O)(O)On1cc(O)c2ccc(O)cc21. The van der Waals surface area contributed by atoms with Crippen molar-refractivity contribution < 1.29 is 27.5 Å². The van der Waals surface area contributed by atoms with Crippen LogP contribution in [0.2, 0.25) is 0 Å². The number of hydrogen-bond donors (Lipinski definition) is 3. The highest BCUT2D eigenvalue weighted by Crippen LogP contribution is 2.29. The summed E-state index contributed by atoms with van der Waals surface area (Å²) in [5, 5.41) is 18.9. The number of benzene rings is 1. The van der Waals surface area contributed by atoms with E-state index in [9.17, 15) is 18.6 Å². The van der Waals surface area contributed by atoms with Crippen LogP contribution in [0.25, 0.3) is 10.9 Å². The zero-order chi connectivity index (χ0) is 11.9. The molecule has 0 aliphatic rings. The lowest BCUT2D eigenvalue weighted by Crippen LogP contribution is -2.17. The van der Waals surface area contributed by atoms with Gasteiger partial charge in [-0.05, 0) is 12.1 Å².